The van der Waals surface area contributed by atoms with Crippen molar-refractivity contribution in [3.63, 3.8) is 0 Å². The minimum atomic E-state index is -0.148. The zero-order valence-electron chi connectivity index (χ0n) is 10.5. The van der Waals surface area contributed by atoms with Crippen LogP contribution < -0.4 is 11.1 Å². The zero-order valence-corrected chi connectivity index (χ0v) is 10.5. The Kier molecular flexibility index (Phi) is 4.90. The summed E-state index contributed by atoms with van der Waals surface area (Å²) in [6.07, 6.45) is 1.54. The van der Waals surface area contributed by atoms with Crippen molar-refractivity contribution in [3.05, 3.63) is 23.5 Å². The molecule has 0 aliphatic carbocycles. The quantitative estimate of drug-likeness (QED) is 0.800. The van der Waals surface area contributed by atoms with Crippen molar-refractivity contribution < 1.29 is 9.53 Å². The Morgan fingerprint density at radius 1 is 1.65 bits per heavy atom. The number of pyridine rings is 1. The van der Waals surface area contributed by atoms with Crippen LogP contribution in [-0.4, -0.2) is 31.2 Å². The highest BCUT2D eigenvalue weighted by molar-refractivity contribution is 5.95. The summed E-state index contributed by atoms with van der Waals surface area (Å²) >= 11 is 0. The SMILES string of the molecule is COCC(C)CNC(=O)c1cc(N)cnc1C. The van der Waals surface area contributed by atoms with Crippen molar-refractivity contribution >= 4 is 11.6 Å². The van der Waals surface area contributed by atoms with E-state index in [2.05, 4.69) is 10.3 Å². The van der Waals surface area contributed by atoms with E-state index in [0.29, 0.717) is 30.1 Å². The Morgan fingerprint density at radius 3 is 3.00 bits per heavy atom. The molecule has 0 saturated heterocycles. The lowest BCUT2D eigenvalue weighted by Gasteiger charge is -2.12. The molecule has 0 aliphatic heterocycles. The maximum absolute atomic E-state index is 11.9. The Hall–Kier alpha value is -1.62. The number of hydrogen-bond acceptors (Lipinski definition) is 4. The molecule has 3 N–H and O–H groups in total. The number of amides is 1. The van der Waals surface area contributed by atoms with Crippen LogP contribution in [0.25, 0.3) is 0 Å². The molecule has 1 amide bonds. The second-order valence-corrected chi connectivity index (χ2v) is 4.17. The molecule has 1 aromatic rings. The number of methoxy groups -OCH3 is 1. The highest BCUT2D eigenvalue weighted by Gasteiger charge is 2.11. The van der Waals surface area contributed by atoms with Gasteiger partial charge in [-0.05, 0) is 18.9 Å². The Bertz CT molecular complexity index is 393. The molecule has 94 valence electrons. The molecule has 0 saturated carbocycles. The van der Waals surface area contributed by atoms with Crippen molar-refractivity contribution in [3.8, 4) is 0 Å². The number of carbonyl (C=O) groups excluding carboxylic acids is 1. The van der Waals surface area contributed by atoms with Gasteiger partial charge in [-0.3, -0.25) is 9.78 Å². The van der Waals surface area contributed by atoms with Crippen LogP contribution in [0.2, 0.25) is 0 Å². The summed E-state index contributed by atoms with van der Waals surface area (Å²) < 4.78 is 5.00. The first-order valence-electron chi connectivity index (χ1n) is 5.53. The number of nitrogens with zero attached hydrogens (tertiary/aromatic N) is 1. The van der Waals surface area contributed by atoms with Crippen LogP contribution in [0.3, 0.4) is 0 Å². The van der Waals surface area contributed by atoms with Gasteiger partial charge in [0.2, 0.25) is 0 Å². The lowest BCUT2D eigenvalue weighted by molar-refractivity contribution is 0.0933. The maximum Gasteiger partial charge on any atom is 0.253 e. The number of aromatic nitrogens is 1. The minimum Gasteiger partial charge on any atom is -0.397 e. The number of hydrogen-bond donors (Lipinski definition) is 2. The normalized spacial score (nSPS) is 12.2. The van der Waals surface area contributed by atoms with E-state index >= 15 is 0 Å². The lowest BCUT2D eigenvalue weighted by atomic mass is 10.1. The van der Waals surface area contributed by atoms with Crippen LogP contribution in [-0.2, 0) is 4.74 Å². The molecule has 0 aromatic carbocycles. The molecule has 1 rings (SSSR count). The number of carbonyl (C=O) groups is 1. The molecule has 5 nitrogen and oxygen atoms in total. The number of nitrogens with two attached hydrogens (primary N) is 1. The van der Waals surface area contributed by atoms with E-state index in [-0.39, 0.29) is 11.8 Å². The number of rotatable bonds is 5. The first-order valence-corrected chi connectivity index (χ1v) is 5.53. The van der Waals surface area contributed by atoms with E-state index in [1.165, 1.54) is 0 Å². The standard InChI is InChI=1S/C12H19N3O2/c1-8(7-17-3)5-15-12(16)11-4-10(13)6-14-9(11)2/h4,6,8H,5,7,13H2,1-3H3,(H,15,16). The van der Waals surface area contributed by atoms with Gasteiger partial charge in [0.25, 0.3) is 5.91 Å². The summed E-state index contributed by atoms with van der Waals surface area (Å²) in [7, 11) is 1.64. The van der Waals surface area contributed by atoms with Gasteiger partial charge >= 0.3 is 0 Å². The van der Waals surface area contributed by atoms with E-state index in [9.17, 15) is 4.79 Å². The molecule has 1 heterocycles. The topological polar surface area (TPSA) is 77.2 Å². The van der Waals surface area contributed by atoms with Crippen LogP contribution in [0.1, 0.15) is 23.0 Å². The predicted octanol–water partition coefficient (Wildman–Crippen LogP) is 0.985. The molecule has 1 aromatic heterocycles. The van der Waals surface area contributed by atoms with Gasteiger partial charge in [-0.15, -0.1) is 0 Å². The summed E-state index contributed by atoms with van der Waals surface area (Å²) in [6.45, 7) is 4.98. The van der Waals surface area contributed by atoms with Crippen molar-refractivity contribution in [2.45, 2.75) is 13.8 Å². The zero-order chi connectivity index (χ0) is 12.8. The van der Waals surface area contributed by atoms with Crippen LogP contribution in [0.4, 0.5) is 5.69 Å². The first-order chi connectivity index (χ1) is 8.04. The highest BCUT2D eigenvalue weighted by Crippen LogP contribution is 2.09. The van der Waals surface area contributed by atoms with Crippen LogP contribution in [0, 0.1) is 12.8 Å². The lowest BCUT2D eigenvalue weighted by Crippen LogP contribution is -2.30. The van der Waals surface area contributed by atoms with E-state index in [4.69, 9.17) is 10.5 Å². The van der Waals surface area contributed by atoms with Gasteiger partial charge in [-0.1, -0.05) is 6.92 Å². The third-order valence-corrected chi connectivity index (χ3v) is 2.41. The Labute approximate surface area is 101 Å². The number of anilines is 1. The molecule has 0 aliphatic rings. The van der Waals surface area contributed by atoms with Crippen molar-refractivity contribution in [1.29, 1.82) is 0 Å². The Balaban J connectivity index is 2.61. The number of ether oxygens (including phenoxy) is 1. The Morgan fingerprint density at radius 2 is 2.35 bits per heavy atom. The minimum absolute atomic E-state index is 0.148. The predicted molar refractivity (Wildman–Crippen MR) is 66.8 cm³/mol. The molecular formula is C12H19N3O2. The molecule has 1 unspecified atom stereocenters. The van der Waals surface area contributed by atoms with Gasteiger partial charge in [0, 0.05) is 13.7 Å². The van der Waals surface area contributed by atoms with Gasteiger partial charge < -0.3 is 15.8 Å². The molecule has 0 spiro atoms. The molecular weight excluding hydrogens is 218 g/mol. The van der Waals surface area contributed by atoms with Gasteiger partial charge in [-0.2, -0.15) is 0 Å². The van der Waals surface area contributed by atoms with Gasteiger partial charge in [0.15, 0.2) is 0 Å². The monoisotopic (exact) mass is 237 g/mol. The van der Waals surface area contributed by atoms with E-state index in [0.717, 1.165) is 0 Å². The summed E-state index contributed by atoms with van der Waals surface area (Å²) in [5, 5.41) is 2.84. The molecule has 5 heteroatoms. The average molecular weight is 237 g/mol. The van der Waals surface area contributed by atoms with Crippen LogP contribution in [0.15, 0.2) is 12.3 Å². The second kappa shape index (κ2) is 6.20. The second-order valence-electron chi connectivity index (χ2n) is 4.17. The summed E-state index contributed by atoms with van der Waals surface area (Å²) in [4.78, 5) is 15.9. The third kappa shape index (κ3) is 4.03. The van der Waals surface area contributed by atoms with E-state index < -0.39 is 0 Å². The fourth-order valence-electron chi connectivity index (χ4n) is 1.48. The first kappa shape index (κ1) is 13.4. The molecule has 0 bridgehead atoms. The van der Waals surface area contributed by atoms with E-state index in [1.807, 2.05) is 6.92 Å². The largest absolute Gasteiger partial charge is 0.397 e. The van der Waals surface area contributed by atoms with Crippen molar-refractivity contribution in [2.75, 3.05) is 26.0 Å². The number of nitrogen functional groups attached to an aromatic ring is 1. The fourth-order valence-corrected chi connectivity index (χ4v) is 1.48. The third-order valence-electron chi connectivity index (χ3n) is 2.41. The van der Waals surface area contributed by atoms with Crippen LogP contribution in [0.5, 0.6) is 0 Å². The van der Waals surface area contributed by atoms with Crippen molar-refractivity contribution in [2.24, 2.45) is 5.92 Å². The molecule has 1 atom stereocenters. The molecule has 0 radical (unpaired) electrons. The summed E-state index contributed by atoms with van der Waals surface area (Å²) in [5.41, 5.74) is 7.30. The van der Waals surface area contributed by atoms with E-state index in [1.54, 1.807) is 26.3 Å². The van der Waals surface area contributed by atoms with Crippen molar-refractivity contribution in [1.82, 2.24) is 10.3 Å². The highest BCUT2D eigenvalue weighted by atomic mass is 16.5. The molecule has 0 fully saturated rings. The van der Waals surface area contributed by atoms with Crippen LogP contribution >= 0.6 is 0 Å². The smallest absolute Gasteiger partial charge is 0.253 e. The van der Waals surface area contributed by atoms with Gasteiger partial charge in [-0.25, -0.2) is 0 Å². The summed E-state index contributed by atoms with van der Waals surface area (Å²) in [6, 6.07) is 1.64. The number of nitrogens with one attached hydrogen (secondary N) is 1. The molecule has 17 heavy (non-hydrogen) atoms. The fraction of sp³-hybridized carbons (Fsp3) is 0.500. The summed E-state index contributed by atoms with van der Waals surface area (Å²) in [5.74, 6) is 0.128. The van der Waals surface area contributed by atoms with Gasteiger partial charge in [0.05, 0.1) is 29.7 Å². The number of aryl methyl sites for hydroxylation is 1. The maximum atomic E-state index is 11.9. The van der Waals surface area contributed by atoms with Gasteiger partial charge in [0.1, 0.15) is 0 Å². The average Bonchev–Trinajstić information content (AvgIpc) is 2.29.